The van der Waals surface area contributed by atoms with Crippen molar-refractivity contribution < 1.29 is 4.74 Å². The van der Waals surface area contributed by atoms with Crippen molar-refractivity contribution in [1.29, 1.82) is 0 Å². The van der Waals surface area contributed by atoms with Gasteiger partial charge >= 0.3 is 0 Å². The third kappa shape index (κ3) is 2.15. The molecule has 2 atom stereocenters. The van der Waals surface area contributed by atoms with E-state index in [2.05, 4.69) is 30.4 Å². The maximum Gasteiger partial charge on any atom is 0.122 e. The Kier molecular flexibility index (Phi) is 3.27. The van der Waals surface area contributed by atoms with E-state index in [1.54, 1.807) is 0 Å². The van der Waals surface area contributed by atoms with Crippen LogP contribution in [0.1, 0.15) is 31.7 Å². The normalized spacial score (nSPS) is 25.5. The van der Waals surface area contributed by atoms with E-state index in [1.165, 1.54) is 12.0 Å². The Morgan fingerprint density at radius 2 is 2.20 bits per heavy atom. The first-order chi connectivity index (χ1) is 7.33. The lowest BCUT2D eigenvalue weighted by molar-refractivity contribution is 0.333. The standard InChI is InChI=1S/C13H19NO/c1-3-15-13-7-5-4-6-12(13)11-8-9-14-10(11)2/h4-7,10-11,14H,3,8-9H2,1-2H3. The first-order valence-electron chi connectivity index (χ1n) is 5.78. The predicted octanol–water partition coefficient (Wildman–Crippen LogP) is 2.55. The molecule has 0 radical (unpaired) electrons. The number of hydrogen-bond donors (Lipinski definition) is 1. The fourth-order valence-electron chi connectivity index (χ4n) is 2.36. The smallest absolute Gasteiger partial charge is 0.122 e. The molecule has 0 amide bonds. The number of nitrogens with one attached hydrogen (secondary N) is 1. The van der Waals surface area contributed by atoms with Crippen molar-refractivity contribution in [3.63, 3.8) is 0 Å². The van der Waals surface area contributed by atoms with Crippen molar-refractivity contribution in [1.82, 2.24) is 5.32 Å². The SMILES string of the molecule is CCOc1ccccc1C1CCNC1C. The molecule has 2 nitrogen and oxygen atoms in total. The molecule has 2 unspecified atom stereocenters. The summed E-state index contributed by atoms with van der Waals surface area (Å²) >= 11 is 0. The van der Waals surface area contributed by atoms with Crippen molar-refractivity contribution in [2.75, 3.05) is 13.2 Å². The van der Waals surface area contributed by atoms with Crippen LogP contribution in [0.4, 0.5) is 0 Å². The first kappa shape index (κ1) is 10.5. The lowest BCUT2D eigenvalue weighted by Gasteiger charge is -2.18. The Morgan fingerprint density at radius 3 is 2.87 bits per heavy atom. The molecule has 0 aliphatic carbocycles. The highest BCUT2D eigenvalue weighted by molar-refractivity contribution is 5.37. The molecule has 0 saturated carbocycles. The van der Waals surface area contributed by atoms with Gasteiger partial charge in [0, 0.05) is 12.0 Å². The highest BCUT2D eigenvalue weighted by atomic mass is 16.5. The van der Waals surface area contributed by atoms with Gasteiger partial charge in [0.1, 0.15) is 5.75 Å². The van der Waals surface area contributed by atoms with Gasteiger partial charge in [0.15, 0.2) is 0 Å². The predicted molar refractivity (Wildman–Crippen MR) is 62.4 cm³/mol. The van der Waals surface area contributed by atoms with Crippen LogP contribution in [0, 0.1) is 0 Å². The molecular weight excluding hydrogens is 186 g/mol. The third-order valence-corrected chi connectivity index (χ3v) is 3.14. The molecule has 1 aliphatic heterocycles. The van der Waals surface area contributed by atoms with Crippen LogP contribution in [0.15, 0.2) is 24.3 Å². The number of benzene rings is 1. The quantitative estimate of drug-likeness (QED) is 0.818. The van der Waals surface area contributed by atoms with Crippen LogP contribution in [0.3, 0.4) is 0 Å². The molecule has 1 aromatic rings. The van der Waals surface area contributed by atoms with Crippen LogP contribution in [0.5, 0.6) is 5.75 Å². The third-order valence-electron chi connectivity index (χ3n) is 3.14. The summed E-state index contributed by atoms with van der Waals surface area (Å²) in [7, 11) is 0. The summed E-state index contributed by atoms with van der Waals surface area (Å²) in [6.45, 7) is 6.14. The van der Waals surface area contributed by atoms with Gasteiger partial charge in [-0.1, -0.05) is 18.2 Å². The molecule has 1 aromatic carbocycles. The zero-order chi connectivity index (χ0) is 10.7. The van der Waals surface area contributed by atoms with Crippen LogP contribution in [-0.2, 0) is 0 Å². The topological polar surface area (TPSA) is 21.3 Å². The monoisotopic (exact) mass is 205 g/mol. The summed E-state index contributed by atoms with van der Waals surface area (Å²) in [6, 6.07) is 8.97. The fraction of sp³-hybridized carbons (Fsp3) is 0.538. The Bertz CT molecular complexity index is 324. The van der Waals surface area contributed by atoms with Gasteiger partial charge in [0.05, 0.1) is 6.61 Å². The number of ether oxygens (including phenoxy) is 1. The van der Waals surface area contributed by atoms with Crippen molar-refractivity contribution in [2.45, 2.75) is 32.2 Å². The highest BCUT2D eigenvalue weighted by Crippen LogP contribution is 2.33. The molecule has 0 bridgehead atoms. The van der Waals surface area contributed by atoms with E-state index < -0.39 is 0 Å². The molecular formula is C13H19NO. The highest BCUT2D eigenvalue weighted by Gasteiger charge is 2.26. The number of hydrogen-bond acceptors (Lipinski definition) is 2. The molecule has 1 aliphatic rings. The minimum absolute atomic E-state index is 0.562. The van der Waals surface area contributed by atoms with E-state index in [1.807, 2.05) is 13.0 Å². The van der Waals surface area contributed by atoms with Crippen molar-refractivity contribution in [2.24, 2.45) is 0 Å². The average Bonchev–Trinajstić information content (AvgIpc) is 2.66. The Hall–Kier alpha value is -1.02. The van der Waals surface area contributed by atoms with E-state index in [0.717, 1.165) is 18.9 Å². The fourth-order valence-corrected chi connectivity index (χ4v) is 2.36. The first-order valence-corrected chi connectivity index (χ1v) is 5.78. The minimum atomic E-state index is 0.562. The second-order valence-corrected chi connectivity index (χ2v) is 4.11. The Morgan fingerprint density at radius 1 is 1.40 bits per heavy atom. The maximum atomic E-state index is 5.67. The van der Waals surface area contributed by atoms with Gasteiger partial charge in [-0.15, -0.1) is 0 Å². The second kappa shape index (κ2) is 4.67. The summed E-state index contributed by atoms with van der Waals surface area (Å²) < 4.78 is 5.67. The van der Waals surface area contributed by atoms with Gasteiger partial charge in [-0.2, -0.15) is 0 Å². The van der Waals surface area contributed by atoms with Gasteiger partial charge in [-0.25, -0.2) is 0 Å². The molecule has 82 valence electrons. The largest absolute Gasteiger partial charge is 0.494 e. The number of rotatable bonds is 3. The minimum Gasteiger partial charge on any atom is -0.494 e. The molecule has 1 N–H and O–H groups in total. The van der Waals surface area contributed by atoms with Crippen LogP contribution >= 0.6 is 0 Å². The lowest BCUT2D eigenvalue weighted by atomic mass is 9.92. The zero-order valence-corrected chi connectivity index (χ0v) is 9.49. The number of para-hydroxylation sites is 1. The van der Waals surface area contributed by atoms with Crippen LogP contribution in [0.25, 0.3) is 0 Å². The molecule has 1 saturated heterocycles. The van der Waals surface area contributed by atoms with E-state index >= 15 is 0 Å². The van der Waals surface area contributed by atoms with E-state index in [4.69, 9.17) is 4.74 Å². The molecule has 1 heterocycles. The average molecular weight is 205 g/mol. The van der Waals surface area contributed by atoms with Gasteiger partial charge in [-0.05, 0) is 38.4 Å². The summed E-state index contributed by atoms with van der Waals surface area (Å²) in [6.07, 6.45) is 1.21. The van der Waals surface area contributed by atoms with Gasteiger partial charge in [0.2, 0.25) is 0 Å². The second-order valence-electron chi connectivity index (χ2n) is 4.11. The molecule has 0 aromatic heterocycles. The van der Waals surface area contributed by atoms with Gasteiger partial charge in [0.25, 0.3) is 0 Å². The van der Waals surface area contributed by atoms with Gasteiger partial charge in [-0.3, -0.25) is 0 Å². The van der Waals surface area contributed by atoms with Gasteiger partial charge < -0.3 is 10.1 Å². The van der Waals surface area contributed by atoms with E-state index in [9.17, 15) is 0 Å². The van der Waals surface area contributed by atoms with Crippen molar-refractivity contribution in [3.05, 3.63) is 29.8 Å². The zero-order valence-electron chi connectivity index (χ0n) is 9.49. The van der Waals surface area contributed by atoms with Crippen molar-refractivity contribution >= 4 is 0 Å². The maximum absolute atomic E-state index is 5.67. The van der Waals surface area contributed by atoms with E-state index in [0.29, 0.717) is 12.0 Å². The van der Waals surface area contributed by atoms with Crippen LogP contribution < -0.4 is 10.1 Å². The Balaban J connectivity index is 2.25. The summed E-state index contributed by atoms with van der Waals surface area (Å²) in [5.74, 6) is 1.66. The van der Waals surface area contributed by atoms with Crippen LogP contribution in [-0.4, -0.2) is 19.2 Å². The molecule has 15 heavy (non-hydrogen) atoms. The molecule has 1 fully saturated rings. The molecule has 0 spiro atoms. The molecule has 2 heteroatoms. The Labute approximate surface area is 91.6 Å². The van der Waals surface area contributed by atoms with E-state index in [-0.39, 0.29) is 0 Å². The van der Waals surface area contributed by atoms with Crippen LogP contribution in [0.2, 0.25) is 0 Å². The summed E-state index contributed by atoms with van der Waals surface area (Å²) in [5.41, 5.74) is 1.36. The summed E-state index contributed by atoms with van der Waals surface area (Å²) in [5, 5.41) is 3.48. The van der Waals surface area contributed by atoms with Crippen molar-refractivity contribution in [3.8, 4) is 5.75 Å². The lowest BCUT2D eigenvalue weighted by Crippen LogP contribution is -2.21. The molecule has 2 rings (SSSR count). The summed E-state index contributed by atoms with van der Waals surface area (Å²) in [4.78, 5) is 0.